The Balaban J connectivity index is 4.52. The van der Waals surface area contributed by atoms with Crippen LogP contribution in [0.3, 0.4) is 0 Å². The Labute approximate surface area is 360 Å². The van der Waals surface area contributed by atoms with Crippen LogP contribution < -0.4 is 4.89 Å². The van der Waals surface area contributed by atoms with Crippen LogP contribution in [0, 0.1) is 0 Å². The molecule has 59 heavy (non-hydrogen) atoms. The third kappa shape index (κ3) is 43.3. The summed E-state index contributed by atoms with van der Waals surface area (Å²) < 4.78 is 33.8. The van der Waals surface area contributed by atoms with Crippen LogP contribution in [0.15, 0.2) is 72.9 Å². The van der Waals surface area contributed by atoms with Crippen LogP contribution in [0.5, 0.6) is 0 Å². The van der Waals surface area contributed by atoms with Crippen LogP contribution in [0.25, 0.3) is 0 Å². The lowest BCUT2D eigenvalue weighted by Crippen LogP contribution is -2.37. The number of nitrogens with zero attached hydrogens (tertiary/aromatic N) is 1. The molecule has 1 N–H and O–H groups in total. The molecule has 10 nitrogen and oxygen atoms in total. The third-order valence-electron chi connectivity index (χ3n) is 9.28. The van der Waals surface area contributed by atoms with E-state index < -0.39 is 38.6 Å². The Morgan fingerprint density at radius 1 is 0.627 bits per heavy atom. The first-order valence-electron chi connectivity index (χ1n) is 22.8. The summed E-state index contributed by atoms with van der Waals surface area (Å²) in [6.07, 6.45) is 45.3. The van der Waals surface area contributed by atoms with Gasteiger partial charge in [-0.2, -0.15) is 0 Å². The zero-order chi connectivity index (χ0) is 43.7. The molecule has 0 rings (SSSR count). The highest BCUT2D eigenvalue weighted by Gasteiger charge is 2.21. The summed E-state index contributed by atoms with van der Waals surface area (Å²) in [7, 11) is 1.09. The number of phosphoric acid groups is 1. The standard InChI is InChI=1S/C48H84NO9P/c1-6-8-10-12-14-15-16-17-18-19-20-21-22-23-28-32-36-40-48(52)58-46(44-57-59(53,54)56-42-41-49(3,4)5)43-55-47(51)39-35-31-27-25-24-26-30-34-38-45(50)37-33-29-13-11-9-7-2/h14-15,17-18,25-27,29-30,33-34,38,45-46,50H,6-13,16,19-24,28,31-32,35-37,39-44H2,1-5H3/b15-14-,18-17-,27-25-,30-26-,33-29-,38-34+/t45-,46-/m1/s1. The van der Waals surface area contributed by atoms with Gasteiger partial charge in [-0.05, 0) is 77.0 Å². The lowest BCUT2D eigenvalue weighted by Gasteiger charge is -2.28. The van der Waals surface area contributed by atoms with Crippen LogP contribution in [-0.4, -0.2) is 81.2 Å². The zero-order valence-corrected chi connectivity index (χ0v) is 38.7. The third-order valence-corrected chi connectivity index (χ3v) is 10.2. The topological polar surface area (TPSA) is 131 Å². The van der Waals surface area contributed by atoms with Crippen LogP contribution in [-0.2, 0) is 32.7 Å². The van der Waals surface area contributed by atoms with E-state index in [1.807, 2.05) is 57.6 Å². The second-order valence-electron chi connectivity index (χ2n) is 16.3. The van der Waals surface area contributed by atoms with Gasteiger partial charge in [-0.1, -0.05) is 145 Å². The van der Waals surface area contributed by atoms with Crippen LogP contribution in [0.1, 0.15) is 162 Å². The fraction of sp³-hybridized carbons (Fsp3) is 0.708. The number of carbonyl (C=O) groups is 2. The van der Waals surface area contributed by atoms with E-state index in [-0.39, 0.29) is 26.1 Å². The summed E-state index contributed by atoms with van der Waals surface area (Å²) in [6.45, 7) is 3.99. The largest absolute Gasteiger partial charge is 0.756 e. The monoisotopic (exact) mass is 850 g/mol. The minimum Gasteiger partial charge on any atom is -0.756 e. The predicted octanol–water partition coefficient (Wildman–Crippen LogP) is 11.4. The number of hydrogen-bond donors (Lipinski definition) is 1. The number of esters is 2. The van der Waals surface area contributed by atoms with Gasteiger partial charge in [0.15, 0.2) is 6.10 Å². The summed E-state index contributed by atoms with van der Waals surface area (Å²) in [6, 6.07) is 0. The van der Waals surface area contributed by atoms with E-state index in [9.17, 15) is 24.2 Å². The maximum atomic E-state index is 12.7. The molecule has 0 spiro atoms. The molecule has 0 aromatic carbocycles. The van der Waals surface area contributed by atoms with E-state index in [2.05, 4.69) is 44.2 Å². The van der Waals surface area contributed by atoms with Crippen molar-refractivity contribution in [1.29, 1.82) is 0 Å². The molecule has 1 unspecified atom stereocenters. The summed E-state index contributed by atoms with van der Waals surface area (Å²) in [5.41, 5.74) is 0. The minimum atomic E-state index is -4.66. The number of hydrogen-bond acceptors (Lipinski definition) is 9. The molecule has 0 saturated heterocycles. The average molecular weight is 850 g/mol. The number of rotatable bonds is 40. The van der Waals surface area contributed by atoms with Crippen molar-refractivity contribution in [3.05, 3.63) is 72.9 Å². The van der Waals surface area contributed by atoms with Gasteiger partial charge in [0.25, 0.3) is 7.82 Å². The number of likely N-dealkylation sites (N-methyl/N-ethyl adjacent to an activating group) is 1. The molecule has 0 aromatic rings. The van der Waals surface area contributed by atoms with E-state index in [1.54, 1.807) is 6.08 Å². The molecule has 0 radical (unpaired) electrons. The SMILES string of the molecule is CCCCC/C=C\C/C=C\CCCCCCCCCC(=O)O[C@H](COC(=O)CCC/C=C\C/C=C\C=C\[C@H](O)C/C=C\CCCCC)COP(=O)([O-])OCC[N+](C)(C)C. The van der Waals surface area contributed by atoms with Gasteiger partial charge >= 0.3 is 11.9 Å². The number of unbranched alkanes of at least 4 members (excludes halogenated alkanes) is 14. The first-order chi connectivity index (χ1) is 28.4. The maximum absolute atomic E-state index is 12.7. The fourth-order valence-electron chi connectivity index (χ4n) is 5.64. The molecule has 0 aliphatic carbocycles. The molecule has 0 heterocycles. The molecule has 340 valence electrons. The van der Waals surface area contributed by atoms with Crippen molar-refractivity contribution < 1.29 is 47.2 Å². The van der Waals surface area contributed by atoms with Crippen molar-refractivity contribution in [3.63, 3.8) is 0 Å². The summed E-state index contributed by atoms with van der Waals surface area (Å²) >= 11 is 0. The molecule has 3 atom stereocenters. The van der Waals surface area contributed by atoms with Crippen LogP contribution in [0.2, 0.25) is 0 Å². The van der Waals surface area contributed by atoms with Gasteiger partial charge in [-0.15, -0.1) is 0 Å². The van der Waals surface area contributed by atoms with E-state index >= 15 is 0 Å². The Morgan fingerprint density at radius 2 is 1.15 bits per heavy atom. The molecule has 0 aliphatic heterocycles. The number of aliphatic hydroxyl groups excluding tert-OH is 1. The van der Waals surface area contributed by atoms with Gasteiger partial charge in [0, 0.05) is 12.8 Å². The summed E-state index contributed by atoms with van der Waals surface area (Å²) in [4.78, 5) is 37.6. The second kappa shape index (κ2) is 39.5. The van der Waals surface area contributed by atoms with Gasteiger partial charge in [0.05, 0.1) is 33.9 Å². The quantitative estimate of drug-likeness (QED) is 0.0160. The van der Waals surface area contributed by atoms with Crippen molar-refractivity contribution in [3.8, 4) is 0 Å². The van der Waals surface area contributed by atoms with Crippen LogP contribution >= 0.6 is 7.82 Å². The Kier molecular flexibility index (Phi) is 37.8. The lowest BCUT2D eigenvalue weighted by atomic mass is 10.1. The molecular formula is C48H84NO9P. The number of quaternary nitrogens is 1. The first kappa shape index (κ1) is 56.4. The van der Waals surface area contributed by atoms with Gasteiger partial charge in [0.2, 0.25) is 0 Å². The van der Waals surface area contributed by atoms with Gasteiger partial charge in [0.1, 0.15) is 19.8 Å². The second-order valence-corrected chi connectivity index (χ2v) is 17.7. The van der Waals surface area contributed by atoms with Crippen molar-refractivity contribution in [1.82, 2.24) is 0 Å². The van der Waals surface area contributed by atoms with Crippen molar-refractivity contribution >= 4 is 19.8 Å². The van der Waals surface area contributed by atoms with Crippen molar-refractivity contribution in [2.45, 2.75) is 174 Å². The highest BCUT2D eigenvalue weighted by molar-refractivity contribution is 7.45. The minimum absolute atomic E-state index is 0.0544. The van der Waals surface area contributed by atoms with Crippen LogP contribution in [0.4, 0.5) is 0 Å². The smallest absolute Gasteiger partial charge is 0.306 e. The molecule has 0 bridgehead atoms. The molecule has 0 fully saturated rings. The number of phosphoric ester groups is 1. The van der Waals surface area contributed by atoms with E-state index in [0.29, 0.717) is 36.7 Å². The normalized spacial score (nSPS) is 14.8. The number of allylic oxidation sites excluding steroid dienone is 10. The molecule has 0 amide bonds. The summed E-state index contributed by atoms with van der Waals surface area (Å²) in [5, 5.41) is 10.0. The van der Waals surface area contributed by atoms with E-state index in [1.165, 1.54) is 64.2 Å². The van der Waals surface area contributed by atoms with Crippen molar-refractivity contribution in [2.75, 3.05) is 47.5 Å². The van der Waals surface area contributed by atoms with Gasteiger partial charge < -0.3 is 33.0 Å². The molecule has 0 aromatic heterocycles. The number of aliphatic hydroxyl groups is 1. The van der Waals surface area contributed by atoms with E-state index in [0.717, 1.165) is 44.9 Å². The molecule has 0 saturated carbocycles. The summed E-state index contributed by atoms with van der Waals surface area (Å²) in [5.74, 6) is -0.954. The van der Waals surface area contributed by atoms with Gasteiger partial charge in [-0.3, -0.25) is 14.2 Å². The Hall–Kier alpha value is -2.59. The molecule has 11 heteroatoms. The molecular weight excluding hydrogens is 766 g/mol. The first-order valence-corrected chi connectivity index (χ1v) is 24.2. The van der Waals surface area contributed by atoms with E-state index in [4.69, 9.17) is 18.5 Å². The fourth-order valence-corrected chi connectivity index (χ4v) is 6.37. The average Bonchev–Trinajstić information content (AvgIpc) is 3.18. The number of ether oxygens (including phenoxy) is 2. The highest BCUT2D eigenvalue weighted by Crippen LogP contribution is 2.38. The number of carbonyl (C=O) groups excluding carboxylic acids is 2. The predicted molar refractivity (Wildman–Crippen MR) is 242 cm³/mol. The van der Waals surface area contributed by atoms with Gasteiger partial charge in [-0.25, -0.2) is 0 Å². The maximum Gasteiger partial charge on any atom is 0.306 e. The lowest BCUT2D eigenvalue weighted by molar-refractivity contribution is -0.870. The molecule has 0 aliphatic rings. The zero-order valence-electron chi connectivity index (χ0n) is 37.8. The Bertz CT molecular complexity index is 1250. The van der Waals surface area contributed by atoms with Crippen molar-refractivity contribution in [2.24, 2.45) is 0 Å². The Morgan fingerprint density at radius 3 is 1.76 bits per heavy atom. The highest BCUT2D eigenvalue weighted by atomic mass is 31.2.